The molecule has 4 heteroatoms. The van der Waals surface area contributed by atoms with Crippen molar-refractivity contribution in [1.29, 1.82) is 0 Å². The minimum absolute atomic E-state index is 0.276. The molecule has 0 amide bonds. The Morgan fingerprint density at radius 1 is 1.04 bits per heavy atom. The van der Waals surface area contributed by atoms with Crippen LogP contribution in [0.4, 0.5) is 11.4 Å². The Labute approximate surface area is 146 Å². The number of hydrogen-bond acceptors (Lipinski definition) is 4. The standard InChI is InChI=1S/C20H33N3O/c1-22-11-7-20(8-12-22)9-13-23(14-10-20)19-6-5-18(21)16-17(19)4-2-3-15-24/h5-6,16,24H,2-4,7-15,21H2,1H3. The third kappa shape index (κ3) is 4.04. The molecular formula is C20H33N3O. The second-order valence-electron chi connectivity index (χ2n) is 7.86. The fourth-order valence-corrected chi connectivity index (χ4v) is 4.36. The van der Waals surface area contributed by atoms with E-state index in [0.717, 1.165) is 24.9 Å². The maximum absolute atomic E-state index is 9.04. The fraction of sp³-hybridized carbons (Fsp3) is 0.700. The molecule has 0 unspecified atom stereocenters. The minimum atomic E-state index is 0.276. The number of anilines is 2. The summed E-state index contributed by atoms with van der Waals surface area (Å²) in [4.78, 5) is 5.04. The summed E-state index contributed by atoms with van der Waals surface area (Å²) >= 11 is 0. The first-order valence-electron chi connectivity index (χ1n) is 9.55. The second-order valence-corrected chi connectivity index (χ2v) is 7.86. The molecule has 0 aliphatic carbocycles. The van der Waals surface area contributed by atoms with Crippen molar-refractivity contribution in [3.63, 3.8) is 0 Å². The third-order valence-electron chi connectivity index (χ3n) is 6.17. The number of aryl methyl sites for hydroxylation is 1. The Hall–Kier alpha value is -1.26. The van der Waals surface area contributed by atoms with Crippen molar-refractivity contribution in [2.75, 3.05) is 50.5 Å². The van der Waals surface area contributed by atoms with Gasteiger partial charge in [0.15, 0.2) is 0 Å². The van der Waals surface area contributed by atoms with Gasteiger partial charge in [0.2, 0.25) is 0 Å². The van der Waals surface area contributed by atoms with Crippen molar-refractivity contribution in [2.24, 2.45) is 5.41 Å². The molecule has 0 saturated carbocycles. The van der Waals surface area contributed by atoms with Gasteiger partial charge in [0.25, 0.3) is 0 Å². The molecule has 1 aromatic rings. The topological polar surface area (TPSA) is 52.7 Å². The number of rotatable bonds is 5. The molecule has 0 atom stereocenters. The largest absolute Gasteiger partial charge is 0.399 e. The van der Waals surface area contributed by atoms with E-state index < -0.39 is 0 Å². The molecule has 2 saturated heterocycles. The predicted octanol–water partition coefficient (Wildman–Crippen LogP) is 2.90. The van der Waals surface area contributed by atoms with E-state index in [9.17, 15) is 0 Å². The maximum atomic E-state index is 9.04. The van der Waals surface area contributed by atoms with Gasteiger partial charge in [-0.25, -0.2) is 0 Å². The lowest BCUT2D eigenvalue weighted by atomic mass is 9.71. The van der Waals surface area contributed by atoms with E-state index in [1.807, 2.05) is 6.07 Å². The summed E-state index contributed by atoms with van der Waals surface area (Å²) in [7, 11) is 2.25. The summed E-state index contributed by atoms with van der Waals surface area (Å²) in [6.45, 7) is 5.13. The van der Waals surface area contributed by atoms with E-state index in [0.29, 0.717) is 5.41 Å². The third-order valence-corrected chi connectivity index (χ3v) is 6.17. The van der Waals surface area contributed by atoms with Crippen LogP contribution in [0.5, 0.6) is 0 Å². The van der Waals surface area contributed by atoms with Crippen LogP contribution in [-0.2, 0) is 6.42 Å². The molecule has 24 heavy (non-hydrogen) atoms. The van der Waals surface area contributed by atoms with Gasteiger partial charge in [-0.1, -0.05) is 0 Å². The lowest BCUT2D eigenvalue weighted by Crippen LogP contribution is -2.46. The Balaban J connectivity index is 1.65. The molecule has 3 rings (SSSR count). The van der Waals surface area contributed by atoms with Crippen molar-refractivity contribution in [2.45, 2.75) is 44.9 Å². The number of hydrogen-bond donors (Lipinski definition) is 2. The van der Waals surface area contributed by atoms with Gasteiger partial charge in [-0.2, -0.15) is 0 Å². The first-order valence-corrected chi connectivity index (χ1v) is 9.55. The van der Waals surface area contributed by atoms with Gasteiger partial charge in [-0.3, -0.25) is 0 Å². The number of nitrogens with zero attached hydrogens (tertiary/aromatic N) is 2. The molecule has 3 N–H and O–H groups in total. The van der Waals surface area contributed by atoms with Crippen molar-refractivity contribution >= 4 is 11.4 Å². The van der Waals surface area contributed by atoms with Gasteiger partial charge in [-0.05, 0) is 94.3 Å². The summed E-state index contributed by atoms with van der Waals surface area (Å²) < 4.78 is 0. The first-order chi connectivity index (χ1) is 11.6. The van der Waals surface area contributed by atoms with E-state index in [-0.39, 0.29) is 6.61 Å². The SMILES string of the molecule is CN1CCC2(CC1)CCN(c1ccc(N)cc1CCCCO)CC2. The van der Waals surface area contributed by atoms with Crippen molar-refractivity contribution in [1.82, 2.24) is 4.90 Å². The number of likely N-dealkylation sites (tertiary alicyclic amines) is 1. The van der Waals surface area contributed by atoms with Crippen LogP contribution < -0.4 is 10.6 Å². The molecule has 1 aromatic carbocycles. The number of benzene rings is 1. The smallest absolute Gasteiger partial charge is 0.0431 e. The summed E-state index contributed by atoms with van der Waals surface area (Å²) in [5, 5.41) is 9.04. The van der Waals surface area contributed by atoms with Gasteiger partial charge < -0.3 is 20.6 Å². The molecule has 2 heterocycles. The van der Waals surface area contributed by atoms with Gasteiger partial charge >= 0.3 is 0 Å². The monoisotopic (exact) mass is 331 g/mol. The second kappa shape index (κ2) is 7.75. The Morgan fingerprint density at radius 2 is 1.71 bits per heavy atom. The number of aliphatic hydroxyl groups excluding tert-OH is 1. The molecular weight excluding hydrogens is 298 g/mol. The maximum Gasteiger partial charge on any atom is 0.0431 e. The molecule has 134 valence electrons. The highest BCUT2D eigenvalue weighted by molar-refractivity contribution is 5.60. The highest BCUT2D eigenvalue weighted by atomic mass is 16.2. The normalized spacial score (nSPS) is 21.3. The van der Waals surface area contributed by atoms with Crippen LogP contribution in [0.3, 0.4) is 0 Å². The molecule has 2 aliphatic rings. The van der Waals surface area contributed by atoms with Crippen LogP contribution in [0.1, 0.15) is 44.1 Å². The first kappa shape index (κ1) is 17.6. The Kier molecular flexibility index (Phi) is 5.67. The molecule has 0 bridgehead atoms. The summed E-state index contributed by atoms with van der Waals surface area (Å²) in [6.07, 6.45) is 8.27. The molecule has 1 spiro atoms. The van der Waals surface area contributed by atoms with Crippen LogP contribution in [0.2, 0.25) is 0 Å². The van der Waals surface area contributed by atoms with Crippen molar-refractivity contribution in [3.05, 3.63) is 23.8 Å². The number of aliphatic hydroxyl groups is 1. The molecule has 0 radical (unpaired) electrons. The Bertz CT molecular complexity index is 528. The van der Waals surface area contributed by atoms with E-state index in [1.165, 1.54) is 63.1 Å². The molecule has 2 aliphatic heterocycles. The van der Waals surface area contributed by atoms with Crippen LogP contribution in [0.25, 0.3) is 0 Å². The average molecular weight is 332 g/mol. The van der Waals surface area contributed by atoms with Crippen molar-refractivity contribution < 1.29 is 5.11 Å². The summed E-state index contributed by atoms with van der Waals surface area (Å²) in [5.41, 5.74) is 10.2. The van der Waals surface area contributed by atoms with Gasteiger partial charge in [-0.15, -0.1) is 0 Å². The number of nitrogens with two attached hydrogens (primary N) is 1. The zero-order chi connectivity index (χ0) is 17.0. The Morgan fingerprint density at radius 3 is 2.38 bits per heavy atom. The summed E-state index contributed by atoms with van der Waals surface area (Å²) in [5.74, 6) is 0. The highest BCUT2D eigenvalue weighted by Crippen LogP contribution is 2.42. The fourth-order valence-electron chi connectivity index (χ4n) is 4.36. The van der Waals surface area contributed by atoms with E-state index >= 15 is 0 Å². The number of nitrogen functional groups attached to an aromatic ring is 1. The molecule has 2 fully saturated rings. The quantitative estimate of drug-likeness (QED) is 0.643. The van der Waals surface area contributed by atoms with Gasteiger partial charge in [0.05, 0.1) is 0 Å². The molecule has 0 aromatic heterocycles. The zero-order valence-electron chi connectivity index (χ0n) is 15.1. The van der Waals surface area contributed by atoms with Crippen LogP contribution >= 0.6 is 0 Å². The van der Waals surface area contributed by atoms with Crippen LogP contribution in [0.15, 0.2) is 18.2 Å². The van der Waals surface area contributed by atoms with Crippen molar-refractivity contribution in [3.8, 4) is 0 Å². The minimum Gasteiger partial charge on any atom is -0.399 e. The molecule has 4 nitrogen and oxygen atoms in total. The van der Waals surface area contributed by atoms with E-state index in [2.05, 4.69) is 29.0 Å². The van der Waals surface area contributed by atoms with E-state index in [1.54, 1.807) is 0 Å². The number of unbranched alkanes of at least 4 members (excludes halogenated alkanes) is 1. The number of piperidine rings is 2. The highest BCUT2D eigenvalue weighted by Gasteiger charge is 2.37. The average Bonchev–Trinajstić information content (AvgIpc) is 2.59. The van der Waals surface area contributed by atoms with Crippen LogP contribution in [-0.4, -0.2) is 49.8 Å². The van der Waals surface area contributed by atoms with E-state index in [4.69, 9.17) is 10.8 Å². The summed E-state index contributed by atoms with van der Waals surface area (Å²) in [6, 6.07) is 6.37. The lowest BCUT2D eigenvalue weighted by Gasteiger charge is -2.47. The zero-order valence-corrected chi connectivity index (χ0v) is 15.1. The van der Waals surface area contributed by atoms with Gasteiger partial charge in [0.1, 0.15) is 0 Å². The lowest BCUT2D eigenvalue weighted by molar-refractivity contribution is 0.0944. The van der Waals surface area contributed by atoms with Gasteiger partial charge in [0, 0.05) is 31.1 Å². The predicted molar refractivity (Wildman–Crippen MR) is 101 cm³/mol. The van der Waals surface area contributed by atoms with Crippen LogP contribution in [0, 0.1) is 5.41 Å².